The lowest BCUT2D eigenvalue weighted by molar-refractivity contribution is -0.113. The molecule has 2 heterocycles. The van der Waals surface area contributed by atoms with E-state index in [1.54, 1.807) is 11.3 Å². The van der Waals surface area contributed by atoms with Crippen molar-refractivity contribution in [2.45, 2.75) is 38.1 Å². The number of rotatable bonds is 4. The summed E-state index contributed by atoms with van der Waals surface area (Å²) in [6, 6.07) is 7.85. The molecule has 4 nitrogen and oxygen atoms in total. The number of aromatic nitrogens is 2. The first-order chi connectivity index (χ1) is 12.1. The molecule has 0 unspecified atom stereocenters. The quantitative estimate of drug-likeness (QED) is 0.542. The Balaban J connectivity index is 1.53. The van der Waals surface area contributed by atoms with Gasteiger partial charge in [0.1, 0.15) is 15.7 Å². The fourth-order valence-corrected chi connectivity index (χ4v) is 5.49. The molecule has 1 aliphatic carbocycles. The number of nitrogens with one attached hydrogen (secondary N) is 1. The molecule has 128 valence electrons. The number of aryl methyl sites for hydroxylation is 4. The third-order valence-corrected chi connectivity index (χ3v) is 6.45. The highest BCUT2D eigenvalue weighted by molar-refractivity contribution is 8.00. The van der Waals surface area contributed by atoms with Gasteiger partial charge in [0, 0.05) is 16.0 Å². The molecular weight excluding hydrogens is 350 g/mol. The van der Waals surface area contributed by atoms with E-state index in [4.69, 9.17) is 0 Å². The van der Waals surface area contributed by atoms with Gasteiger partial charge in [-0.2, -0.15) is 0 Å². The molecule has 0 aliphatic heterocycles. The van der Waals surface area contributed by atoms with Crippen LogP contribution >= 0.6 is 23.1 Å². The highest BCUT2D eigenvalue weighted by atomic mass is 32.2. The third kappa shape index (κ3) is 3.41. The van der Waals surface area contributed by atoms with E-state index in [1.807, 2.05) is 38.1 Å². The Labute approximate surface area is 155 Å². The highest BCUT2D eigenvalue weighted by Gasteiger charge is 2.22. The van der Waals surface area contributed by atoms with Crippen LogP contribution in [0.25, 0.3) is 10.2 Å². The topological polar surface area (TPSA) is 54.9 Å². The number of carbonyl (C=O) groups is 1. The Morgan fingerprint density at radius 1 is 1.28 bits per heavy atom. The summed E-state index contributed by atoms with van der Waals surface area (Å²) in [4.78, 5) is 24.1. The van der Waals surface area contributed by atoms with E-state index >= 15 is 0 Å². The minimum absolute atomic E-state index is 0.00751. The van der Waals surface area contributed by atoms with E-state index in [-0.39, 0.29) is 5.91 Å². The lowest BCUT2D eigenvalue weighted by atomic mass is 10.2. The first-order valence-electron chi connectivity index (χ1n) is 8.38. The Hall–Kier alpha value is -1.92. The number of carbonyl (C=O) groups excluding carboxylic acids is 1. The number of amides is 1. The van der Waals surface area contributed by atoms with Crippen molar-refractivity contribution in [3.63, 3.8) is 0 Å². The summed E-state index contributed by atoms with van der Waals surface area (Å²) < 4.78 is 0. The zero-order chi connectivity index (χ0) is 17.4. The smallest absolute Gasteiger partial charge is 0.234 e. The summed E-state index contributed by atoms with van der Waals surface area (Å²) in [5, 5.41) is 5.08. The zero-order valence-corrected chi connectivity index (χ0v) is 15.9. The normalized spacial score (nSPS) is 13.2. The maximum atomic E-state index is 12.3. The maximum absolute atomic E-state index is 12.3. The van der Waals surface area contributed by atoms with Crippen molar-refractivity contribution in [1.29, 1.82) is 0 Å². The third-order valence-electron chi connectivity index (χ3n) is 4.29. The van der Waals surface area contributed by atoms with Gasteiger partial charge in [0.25, 0.3) is 0 Å². The molecule has 4 rings (SSSR count). The molecule has 0 atom stereocenters. The first-order valence-corrected chi connectivity index (χ1v) is 10.2. The number of fused-ring (bicyclic) bond motifs is 3. The molecule has 1 aliphatic rings. The molecule has 1 N–H and O–H groups in total. The summed E-state index contributed by atoms with van der Waals surface area (Å²) in [7, 11) is 0. The summed E-state index contributed by atoms with van der Waals surface area (Å²) in [5.41, 5.74) is 3.38. The Kier molecular flexibility index (Phi) is 4.48. The fraction of sp³-hybridized carbons (Fsp3) is 0.316. The Morgan fingerprint density at radius 2 is 2.16 bits per heavy atom. The number of nitrogens with zero attached hydrogens (tertiary/aromatic N) is 2. The minimum Gasteiger partial charge on any atom is -0.325 e. The largest absolute Gasteiger partial charge is 0.325 e. The number of thioether (sulfide) groups is 1. The number of hydrogen-bond acceptors (Lipinski definition) is 5. The summed E-state index contributed by atoms with van der Waals surface area (Å²) in [6.07, 6.45) is 3.46. The zero-order valence-electron chi connectivity index (χ0n) is 14.3. The molecule has 0 saturated carbocycles. The maximum Gasteiger partial charge on any atom is 0.234 e. The summed E-state index contributed by atoms with van der Waals surface area (Å²) in [6.45, 7) is 3.93. The van der Waals surface area contributed by atoms with E-state index in [1.165, 1.54) is 34.0 Å². The van der Waals surface area contributed by atoms with Crippen molar-refractivity contribution in [3.05, 3.63) is 46.1 Å². The second-order valence-corrected chi connectivity index (χ2v) is 8.37. The number of hydrogen-bond donors (Lipinski definition) is 1. The predicted molar refractivity (Wildman–Crippen MR) is 105 cm³/mol. The molecule has 0 radical (unpaired) electrons. The van der Waals surface area contributed by atoms with Gasteiger partial charge in [-0.05, 0) is 56.4 Å². The molecule has 2 aromatic heterocycles. The van der Waals surface area contributed by atoms with Crippen molar-refractivity contribution in [2.75, 3.05) is 11.1 Å². The summed E-state index contributed by atoms with van der Waals surface area (Å²) >= 11 is 3.30. The van der Waals surface area contributed by atoms with Crippen LogP contribution in [0.3, 0.4) is 0 Å². The van der Waals surface area contributed by atoms with Crippen LogP contribution in [-0.2, 0) is 17.6 Å². The van der Waals surface area contributed by atoms with Gasteiger partial charge in [0.2, 0.25) is 5.91 Å². The van der Waals surface area contributed by atoms with Crippen LogP contribution < -0.4 is 5.32 Å². The lowest BCUT2D eigenvalue weighted by Gasteiger charge is -2.07. The van der Waals surface area contributed by atoms with Gasteiger partial charge >= 0.3 is 0 Å². The monoisotopic (exact) mass is 369 g/mol. The van der Waals surface area contributed by atoms with E-state index < -0.39 is 0 Å². The second kappa shape index (κ2) is 6.77. The fourth-order valence-electron chi connectivity index (χ4n) is 3.22. The minimum atomic E-state index is -0.00751. The standard InChI is InChI=1S/C19H19N3OS2/c1-11-5-3-6-13(9-11)22-16(23)10-24-18-17-14-7-4-8-15(14)25-19(17)21-12(2)20-18/h3,5-6,9H,4,7-8,10H2,1-2H3,(H,22,23). The first kappa shape index (κ1) is 16.5. The van der Waals surface area contributed by atoms with Crippen LogP contribution in [0.2, 0.25) is 0 Å². The van der Waals surface area contributed by atoms with Crippen molar-refractivity contribution in [2.24, 2.45) is 0 Å². The average molecular weight is 370 g/mol. The van der Waals surface area contributed by atoms with Gasteiger partial charge < -0.3 is 5.32 Å². The lowest BCUT2D eigenvalue weighted by Crippen LogP contribution is -2.14. The van der Waals surface area contributed by atoms with Gasteiger partial charge in [-0.25, -0.2) is 9.97 Å². The Bertz CT molecular complexity index is 965. The van der Waals surface area contributed by atoms with Crippen LogP contribution in [-0.4, -0.2) is 21.6 Å². The summed E-state index contributed by atoms with van der Waals surface area (Å²) in [5.74, 6) is 1.12. The van der Waals surface area contributed by atoms with E-state index in [9.17, 15) is 4.79 Å². The van der Waals surface area contributed by atoms with Crippen LogP contribution in [0, 0.1) is 13.8 Å². The molecule has 0 spiro atoms. The van der Waals surface area contributed by atoms with E-state index in [0.29, 0.717) is 5.75 Å². The van der Waals surface area contributed by atoms with Crippen LogP contribution in [0.15, 0.2) is 29.3 Å². The van der Waals surface area contributed by atoms with Gasteiger partial charge in [-0.15, -0.1) is 11.3 Å². The van der Waals surface area contributed by atoms with Gasteiger partial charge in [0.15, 0.2) is 0 Å². The predicted octanol–water partition coefficient (Wildman–Crippen LogP) is 4.53. The molecule has 1 aromatic carbocycles. The van der Waals surface area contributed by atoms with Crippen molar-refractivity contribution in [1.82, 2.24) is 9.97 Å². The Morgan fingerprint density at radius 3 is 3.00 bits per heavy atom. The van der Waals surface area contributed by atoms with E-state index in [2.05, 4.69) is 15.3 Å². The van der Waals surface area contributed by atoms with Crippen molar-refractivity contribution < 1.29 is 4.79 Å². The highest BCUT2D eigenvalue weighted by Crippen LogP contribution is 2.40. The molecule has 0 fully saturated rings. The molecule has 1 amide bonds. The number of anilines is 1. The van der Waals surface area contributed by atoms with Crippen LogP contribution in [0.1, 0.15) is 28.2 Å². The van der Waals surface area contributed by atoms with Gasteiger partial charge in [-0.1, -0.05) is 23.9 Å². The molecule has 3 aromatic rings. The molecule has 25 heavy (non-hydrogen) atoms. The molecule has 0 saturated heterocycles. The van der Waals surface area contributed by atoms with E-state index in [0.717, 1.165) is 39.8 Å². The van der Waals surface area contributed by atoms with Crippen LogP contribution in [0.5, 0.6) is 0 Å². The van der Waals surface area contributed by atoms with Gasteiger partial charge in [-0.3, -0.25) is 4.79 Å². The van der Waals surface area contributed by atoms with Crippen molar-refractivity contribution in [3.8, 4) is 0 Å². The molecular formula is C19H19N3OS2. The average Bonchev–Trinajstić information content (AvgIpc) is 3.13. The second-order valence-electron chi connectivity index (χ2n) is 6.32. The number of thiophene rings is 1. The SMILES string of the molecule is Cc1cccc(NC(=O)CSc2nc(C)nc3sc4c(c23)CCC4)c1. The van der Waals surface area contributed by atoms with Crippen molar-refractivity contribution >= 4 is 44.9 Å². The van der Waals surface area contributed by atoms with Gasteiger partial charge in [0.05, 0.1) is 5.75 Å². The van der Waals surface area contributed by atoms with Crippen LogP contribution in [0.4, 0.5) is 5.69 Å². The number of benzene rings is 1. The molecule has 6 heteroatoms. The molecule has 0 bridgehead atoms.